The monoisotopic (exact) mass is 233 g/mol. The minimum absolute atomic E-state index is 0.665. The molecular weight excluding hydrogens is 223 g/mol. The summed E-state index contributed by atoms with van der Waals surface area (Å²) in [5.41, 5.74) is 0.380. The van der Waals surface area contributed by atoms with Gasteiger partial charge in [-0.15, -0.1) is 0 Å². The van der Waals surface area contributed by atoms with Gasteiger partial charge >= 0.3 is 19.2 Å². The maximum Gasteiger partial charge on any atom is 0.394 e. The van der Waals surface area contributed by atoms with Gasteiger partial charge in [-0.3, -0.25) is 9.36 Å². The smallest absolute Gasteiger partial charge is 0.394 e. The van der Waals surface area contributed by atoms with Gasteiger partial charge in [0.15, 0.2) is 0 Å². The van der Waals surface area contributed by atoms with Crippen LogP contribution in [-0.4, -0.2) is 32.6 Å². The SMILES string of the molecule is CC(C(N)C(=O)O)C(F)(F)P(=O)(O)O. The third kappa shape index (κ3) is 2.48. The summed E-state index contributed by atoms with van der Waals surface area (Å²) in [4.78, 5) is 26.7. The third-order valence-corrected chi connectivity index (χ3v) is 2.94. The molecule has 0 radical (unpaired) electrons. The Balaban J connectivity index is 4.94. The summed E-state index contributed by atoms with van der Waals surface area (Å²) in [6.07, 6.45) is 0. The van der Waals surface area contributed by atoms with Crippen molar-refractivity contribution in [1.82, 2.24) is 0 Å². The fourth-order valence-corrected chi connectivity index (χ4v) is 1.39. The molecule has 0 spiro atoms. The van der Waals surface area contributed by atoms with E-state index in [1.807, 2.05) is 0 Å². The van der Waals surface area contributed by atoms with Gasteiger partial charge in [-0.1, -0.05) is 6.92 Å². The molecule has 0 aliphatic rings. The van der Waals surface area contributed by atoms with E-state index in [4.69, 9.17) is 20.6 Å². The first-order valence-electron chi connectivity index (χ1n) is 3.43. The number of carboxylic acid groups (broad SMARTS) is 1. The number of aliphatic carboxylic acids is 1. The van der Waals surface area contributed by atoms with Crippen molar-refractivity contribution in [1.29, 1.82) is 0 Å². The van der Waals surface area contributed by atoms with Crippen LogP contribution >= 0.6 is 7.60 Å². The van der Waals surface area contributed by atoms with Gasteiger partial charge in [0.25, 0.3) is 0 Å². The number of halogens is 2. The Kier molecular flexibility index (Phi) is 3.74. The molecule has 5 N–H and O–H groups in total. The standard InChI is InChI=1S/C5H10F2NO5P/c1-2(3(8)4(9)10)5(6,7)14(11,12)13/h2-3H,8H2,1H3,(H,9,10)(H2,11,12,13). The molecule has 0 fully saturated rings. The summed E-state index contributed by atoms with van der Waals surface area (Å²) in [6, 6.07) is -2.03. The molecule has 0 heterocycles. The highest BCUT2D eigenvalue weighted by Crippen LogP contribution is 2.57. The summed E-state index contributed by atoms with van der Waals surface area (Å²) in [5, 5.41) is 8.27. The van der Waals surface area contributed by atoms with E-state index in [0.717, 1.165) is 0 Å². The fraction of sp³-hybridized carbons (Fsp3) is 0.800. The van der Waals surface area contributed by atoms with E-state index in [9.17, 15) is 18.1 Å². The highest BCUT2D eigenvalue weighted by molar-refractivity contribution is 7.53. The third-order valence-electron chi connectivity index (χ3n) is 1.76. The lowest BCUT2D eigenvalue weighted by atomic mass is 10.0. The maximum absolute atomic E-state index is 12.8. The second-order valence-corrected chi connectivity index (χ2v) is 4.47. The molecule has 6 nitrogen and oxygen atoms in total. The van der Waals surface area contributed by atoms with Crippen molar-refractivity contribution in [2.24, 2.45) is 11.7 Å². The molecule has 84 valence electrons. The van der Waals surface area contributed by atoms with Gasteiger partial charge in [0.2, 0.25) is 0 Å². The molecular formula is C5H10F2NO5P. The molecule has 0 aromatic rings. The minimum atomic E-state index is -5.70. The van der Waals surface area contributed by atoms with Crippen LogP contribution in [0.5, 0.6) is 0 Å². The number of carboxylic acids is 1. The van der Waals surface area contributed by atoms with Crippen LogP contribution in [0.3, 0.4) is 0 Å². The van der Waals surface area contributed by atoms with Crippen molar-refractivity contribution < 1.29 is 33.0 Å². The zero-order valence-corrected chi connectivity index (χ0v) is 7.99. The number of alkyl halides is 2. The average molecular weight is 233 g/mol. The normalized spacial score (nSPS) is 17.6. The second-order valence-electron chi connectivity index (χ2n) is 2.78. The molecule has 0 rings (SSSR count). The van der Waals surface area contributed by atoms with Crippen LogP contribution in [-0.2, 0) is 9.36 Å². The molecule has 0 saturated heterocycles. The number of hydrogen-bond acceptors (Lipinski definition) is 3. The van der Waals surface area contributed by atoms with Crippen molar-refractivity contribution in [2.45, 2.75) is 18.6 Å². The predicted octanol–water partition coefficient (Wildman–Crippen LogP) is -0.195. The summed E-state index contributed by atoms with van der Waals surface area (Å²) in [6.45, 7) is 0.665. The lowest BCUT2D eigenvalue weighted by molar-refractivity contribution is -0.142. The molecule has 0 aliphatic heterocycles. The lowest BCUT2D eigenvalue weighted by Gasteiger charge is -2.26. The Morgan fingerprint density at radius 2 is 1.86 bits per heavy atom. The van der Waals surface area contributed by atoms with E-state index in [2.05, 4.69) is 0 Å². The van der Waals surface area contributed by atoms with Crippen molar-refractivity contribution >= 4 is 13.6 Å². The number of hydrogen-bond donors (Lipinski definition) is 4. The Morgan fingerprint density at radius 1 is 1.50 bits per heavy atom. The summed E-state index contributed by atoms with van der Waals surface area (Å²) in [7, 11) is -5.70. The van der Waals surface area contributed by atoms with Gasteiger partial charge in [-0.05, 0) is 0 Å². The average Bonchev–Trinajstić information content (AvgIpc) is 1.99. The molecule has 2 atom stereocenters. The second kappa shape index (κ2) is 3.90. The quantitative estimate of drug-likeness (QED) is 0.499. The molecule has 0 saturated carbocycles. The van der Waals surface area contributed by atoms with Gasteiger partial charge in [0, 0.05) is 0 Å². The molecule has 2 unspecified atom stereocenters. The van der Waals surface area contributed by atoms with E-state index in [0.29, 0.717) is 6.92 Å². The van der Waals surface area contributed by atoms with Crippen molar-refractivity contribution in [3.63, 3.8) is 0 Å². The van der Waals surface area contributed by atoms with Crippen molar-refractivity contribution in [3.05, 3.63) is 0 Å². The summed E-state index contributed by atoms with van der Waals surface area (Å²) >= 11 is 0. The highest BCUT2D eigenvalue weighted by atomic mass is 31.2. The maximum atomic E-state index is 12.8. The van der Waals surface area contributed by atoms with E-state index in [1.54, 1.807) is 0 Å². The molecule has 0 aliphatic carbocycles. The van der Waals surface area contributed by atoms with Crippen LogP contribution < -0.4 is 5.73 Å². The summed E-state index contributed by atoms with van der Waals surface area (Å²) < 4.78 is 36.0. The molecule has 0 aromatic carbocycles. The van der Waals surface area contributed by atoms with Gasteiger partial charge in [0.1, 0.15) is 6.04 Å². The first-order chi connectivity index (χ1) is 6.01. The number of nitrogens with two attached hydrogens (primary N) is 1. The predicted molar refractivity (Wildman–Crippen MR) is 41.8 cm³/mol. The molecule has 0 aromatic heterocycles. The van der Waals surface area contributed by atoms with Gasteiger partial charge in [-0.25, -0.2) is 0 Å². The molecule has 0 amide bonds. The van der Waals surface area contributed by atoms with Crippen LogP contribution in [0.2, 0.25) is 0 Å². The Bertz CT molecular complexity index is 277. The van der Waals surface area contributed by atoms with Crippen LogP contribution in [0.15, 0.2) is 0 Å². The van der Waals surface area contributed by atoms with Crippen molar-refractivity contribution in [2.75, 3.05) is 0 Å². The zero-order chi connectivity index (χ0) is 11.7. The van der Waals surface area contributed by atoms with Gasteiger partial charge in [-0.2, -0.15) is 8.78 Å². The van der Waals surface area contributed by atoms with E-state index >= 15 is 0 Å². The van der Waals surface area contributed by atoms with E-state index in [1.165, 1.54) is 0 Å². The van der Waals surface area contributed by atoms with Gasteiger partial charge in [0.05, 0.1) is 5.92 Å². The largest absolute Gasteiger partial charge is 0.480 e. The Labute approximate surface area is 77.9 Å². The minimum Gasteiger partial charge on any atom is -0.480 e. The molecule has 14 heavy (non-hydrogen) atoms. The van der Waals surface area contributed by atoms with E-state index in [-0.39, 0.29) is 0 Å². The van der Waals surface area contributed by atoms with Gasteiger partial charge < -0.3 is 20.6 Å². The molecule has 0 bridgehead atoms. The zero-order valence-electron chi connectivity index (χ0n) is 7.09. The highest BCUT2D eigenvalue weighted by Gasteiger charge is 2.56. The molecule has 9 heteroatoms. The lowest BCUT2D eigenvalue weighted by Crippen LogP contribution is -2.45. The first-order valence-corrected chi connectivity index (χ1v) is 5.05. The van der Waals surface area contributed by atoms with Crippen LogP contribution in [0.1, 0.15) is 6.92 Å². The summed E-state index contributed by atoms with van der Waals surface area (Å²) in [5.74, 6) is -3.90. The van der Waals surface area contributed by atoms with Crippen LogP contribution in [0.25, 0.3) is 0 Å². The fourth-order valence-electron chi connectivity index (χ4n) is 0.695. The topological polar surface area (TPSA) is 121 Å². The Morgan fingerprint density at radius 3 is 2.07 bits per heavy atom. The first kappa shape index (κ1) is 13.4. The van der Waals surface area contributed by atoms with Crippen LogP contribution in [0, 0.1) is 5.92 Å². The van der Waals surface area contributed by atoms with Crippen molar-refractivity contribution in [3.8, 4) is 0 Å². The number of rotatable bonds is 4. The number of carbonyl (C=O) groups is 1. The van der Waals surface area contributed by atoms with E-state index < -0.39 is 31.2 Å². The Hall–Kier alpha value is -0.560. The van der Waals surface area contributed by atoms with Crippen LogP contribution in [0.4, 0.5) is 8.78 Å².